The molecule has 1 heteroatoms. The van der Waals surface area contributed by atoms with Gasteiger partial charge in [-0.1, -0.05) is 142 Å². The zero-order chi connectivity index (χ0) is 19.1. The molecular formula is C25H52O. The first-order chi connectivity index (χ1) is 12.8. The van der Waals surface area contributed by atoms with Gasteiger partial charge in [0.25, 0.3) is 0 Å². The van der Waals surface area contributed by atoms with E-state index < -0.39 is 0 Å². The lowest BCUT2D eigenvalue weighted by atomic mass is 9.99. The van der Waals surface area contributed by atoms with Crippen molar-refractivity contribution in [2.45, 2.75) is 149 Å². The van der Waals surface area contributed by atoms with E-state index in [9.17, 15) is 0 Å². The highest BCUT2D eigenvalue weighted by Gasteiger charge is 1.98. The predicted molar refractivity (Wildman–Crippen MR) is 119 cm³/mol. The Labute approximate surface area is 166 Å². The highest BCUT2D eigenvalue weighted by molar-refractivity contribution is 4.53. The van der Waals surface area contributed by atoms with Gasteiger partial charge in [0.15, 0.2) is 0 Å². The molecule has 0 heterocycles. The van der Waals surface area contributed by atoms with E-state index in [1.165, 1.54) is 128 Å². The molecule has 0 aliphatic carbocycles. The van der Waals surface area contributed by atoms with Crippen molar-refractivity contribution in [1.82, 2.24) is 0 Å². The number of unbranched alkanes of at least 4 members (excludes halogenated alkanes) is 18. The molecule has 0 spiro atoms. The Bertz CT molecular complexity index is 238. The molecule has 0 radical (unpaired) electrons. The SMILES string of the molecule is CCC(C)CCCCCCCCCCCCCCCCCCCCCO. The fraction of sp³-hybridized carbons (Fsp3) is 1.00. The average molecular weight is 369 g/mol. The third-order valence-corrected chi connectivity index (χ3v) is 6.05. The molecule has 1 unspecified atom stereocenters. The zero-order valence-electron chi connectivity index (χ0n) is 18.6. The Kier molecular flexibility index (Phi) is 23.0. The van der Waals surface area contributed by atoms with Crippen LogP contribution in [0.25, 0.3) is 0 Å². The predicted octanol–water partition coefficient (Wildman–Crippen LogP) is 8.83. The summed E-state index contributed by atoms with van der Waals surface area (Å²) in [7, 11) is 0. The molecule has 158 valence electrons. The molecule has 0 aromatic rings. The molecule has 0 aromatic heterocycles. The smallest absolute Gasteiger partial charge is 0.0431 e. The van der Waals surface area contributed by atoms with Crippen molar-refractivity contribution in [2.75, 3.05) is 6.61 Å². The second-order valence-electron chi connectivity index (χ2n) is 8.74. The van der Waals surface area contributed by atoms with Gasteiger partial charge in [-0.05, 0) is 12.3 Å². The lowest BCUT2D eigenvalue weighted by Gasteiger charge is -2.07. The zero-order valence-corrected chi connectivity index (χ0v) is 18.6. The molecule has 1 atom stereocenters. The molecule has 0 saturated heterocycles. The van der Waals surface area contributed by atoms with E-state index in [0.717, 1.165) is 12.3 Å². The van der Waals surface area contributed by atoms with Crippen LogP contribution in [-0.2, 0) is 0 Å². The van der Waals surface area contributed by atoms with E-state index in [1.54, 1.807) is 0 Å². The van der Waals surface area contributed by atoms with Crippen LogP contribution >= 0.6 is 0 Å². The Morgan fingerprint density at radius 1 is 0.462 bits per heavy atom. The summed E-state index contributed by atoms with van der Waals surface area (Å²) in [5.74, 6) is 0.942. The fourth-order valence-electron chi connectivity index (χ4n) is 3.81. The van der Waals surface area contributed by atoms with E-state index >= 15 is 0 Å². The quantitative estimate of drug-likeness (QED) is 0.189. The summed E-state index contributed by atoms with van der Waals surface area (Å²) < 4.78 is 0. The highest BCUT2D eigenvalue weighted by Crippen LogP contribution is 2.16. The van der Waals surface area contributed by atoms with Crippen molar-refractivity contribution >= 4 is 0 Å². The van der Waals surface area contributed by atoms with Crippen LogP contribution in [-0.4, -0.2) is 11.7 Å². The van der Waals surface area contributed by atoms with Crippen molar-refractivity contribution in [3.05, 3.63) is 0 Å². The summed E-state index contributed by atoms with van der Waals surface area (Å²) in [5, 5.41) is 8.73. The molecule has 0 aliphatic heterocycles. The molecule has 1 nitrogen and oxygen atoms in total. The topological polar surface area (TPSA) is 20.2 Å². The van der Waals surface area contributed by atoms with Gasteiger partial charge in [0.2, 0.25) is 0 Å². The minimum atomic E-state index is 0.374. The molecule has 0 amide bonds. The van der Waals surface area contributed by atoms with Crippen LogP contribution in [0.2, 0.25) is 0 Å². The molecule has 1 N–H and O–H groups in total. The molecule has 0 fully saturated rings. The van der Waals surface area contributed by atoms with Crippen molar-refractivity contribution in [3.8, 4) is 0 Å². The van der Waals surface area contributed by atoms with Crippen molar-refractivity contribution < 1.29 is 5.11 Å². The molecule has 0 aliphatic rings. The maximum Gasteiger partial charge on any atom is 0.0431 e. The summed E-state index contributed by atoms with van der Waals surface area (Å²) in [6.45, 7) is 5.08. The lowest BCUT2D eigenvalue weighted by molar-refractivity contribution is 0.282. The molecule has 0 aromatic carbocycles. The monoisotopic (exact) mass is 368 g/mol. The summed E-state index contributed by atoms with van der Waals surface area (Å²) in [6.07, 6.45) is 29.6. The maximum absolute atomic E-state index is 8.73. The van der Waals surface area contributed by atoms with Crippen LogP contribution in [0.3, 0.4) is 0 Å². The van der Waals surface area contributed by atoms with Crippen molar-refractivity contribution in [2.24, 2.45) is 5.92 Å². The van der Waals surface area contributed by atoms with Crippen LogP contribution in [0.5, 0.6) is 0 Å². The number of rotatable bonds is 22. The molecule has 0 bridgehead atoms. The van der Waals surface area contributed by atoms with Gasteiger partial charge in [0.05, 0.1) is 0 Å². The number of hydrogen-bond donors (Lipinski definition) is 1. The number of aliphatic hydroxyl groups excluding tert-OH is 1. The first-order valence-electron chi connectivity index (χ1n) is 12.4. The van der Waals surface area contributed by atoms with Crippen LogP contribution < -0.4 is 0 Å². The van der Waals surface area contributed by atoms with Crippen LogP contribution in [0.1, 0.15) is 149 Å². The van der Waals surface area contributed by atoms with Gasteiger partial charge < -0.3 is 5.11 Å². The van der Waals surface area contributed by atoms with Crippen molar-refractivity contribution in [3.63, 3.8) is 0 Å². The van der Waals surface area contributed by atoms with Crippen LogP contribution in [0.15, 0.2) is 0 Å². The van der Waals surface area contributed by atoms with Gasteiger partial charge in [0.1, 0.15) is 0 Å². The first kappa shape index (κ1) is 26.0. The first-order valence-corrected chi connectivity index (χ1v) is 12.4. The van der Waals surface area contributed by atoms with Gasteiger partial charge in [-0.3, -0.25) is 0 Å². The minimum Gasteiger partial charge on any atom is -0.396 e. The molecular weight excluding hydrogens is 316 g/mol. The van der Waals surface area contributed by atoms with Crippen molar-refractivity contribution in [1.29, 1.82) is 0 Å². The largest absolute Gasteiger partial charge is 0.396 e. The van der Waals surface area contributed by atoms with Gasteiger partial charge in [-0.2, -0.15) is 0 Å². The summed E-state index contributed by atoms with van der Waals surface area (Å²) in [5.41, 5.74) is 0. The molecule has 0 rings (SSSR count). The second-order valence-corrected chi connectivity index (χ2v) is 8.74. The van der Waals surface area contributed by atoms with Gasteiger partial charge >= 0.3 is 0 Å². The molecule has 0 saturated carbocycles. The highest BCUT2D eigenvalue weighted by atomic mass is 16.2. The average Bonchev–Trinajstić information content (AvgIpc) is 2.66. The van der Waals surface area contributed by atoms with E-state index in [2.05, 4.69) is 13.8 Å². The standard InChI is InChI=1S/C25H52O/c1-3-25(2)23-21-19-17-15-13-11-9-7-5-4-6-8-10-12-14-16-18-20-22-24-26/h25-26H,3-24H2,1-2H3. The Balaban J connectivity index is 2.99. The van der Waals surface area contributed by atoms with E-state index in [-0.39, 0.29) is 0 Å². The van der Waals surface area contributed by atoms with E-state index in [1.807, 2.05) is 0 Å². The molecule has 26 heavy (non-hydrogen) atoms. The number of hydrogen-bond acceptors (Lipinski definition) is 1. The second kappa shape index (κ2) is 23.0. The normalized spacial score (nSPS) is 12.6. The Morgan fingerprint density at radius 3 is 1.00 bits per heavy atom. The van der Waals surface area contributed by atoms with Gasteiger partial charge in [-0.25, -0.2) is 0 Å². The van der Waals surface area contributed by atoms with E-state index in [0.29, 0.717) is 6.61 Å². The summed E-state index contributed by atoms with van der Waals surface area (Å²) >= 11 is 0. The third kappa shape index (κ3) is 22.0. The Morgan fingerprint density at radius 2 is 0.731 bits per heavy atom. The number of aliphatic hydroxyl groups is 1. The fourth-order valence-corrected chi connectivity index (χ4v) is 3.81. The maximum atomic E-state index is 8.73. The lowest BCUT2D eigenvalue weighted by Crippen LogP contribution is -1.91. The summed E-state index contributed by atoms with van der Waals surface area (Å²) in [6, 6.07) is 0. The third-order valence-electron chi connectivity index (χ3n) is 6.05. The van der Waals surface area contributed by atoms with Crippen LogP contribution in [0.4, 0.5) is 0 Å². The van der Waals surface area contributed by atoms with Crippen LogP contribution in [0, 0.1) is 5.92 Å². The van der Waals surface area contributed by atoms with E-state index in [4.69, 9.17) is 5.11 Å². The summed E-state index contributed by atoms with van der Waals surface area (Å²) in [4.78, 5) is 0. The van der Waals surface area contributed by atoms with Gasteiger partial charge in [-0.15, -0.1) is 0 Å². The minimum absolute atomic E-state index is 0.374. The Hall–Kier alpha value is -0.0400. The van der Waals surface area contributed by atoms with Gasteiger partial charge in [0, 0.05) is 6.61 Å².